The molecule has 0 bridgehead atoms. The van der Waals surface area contributed by atoms with Crippen LogP contribution in [-0.2, 0) is 21.2 Å². The standard InChI is InChI=1S/C16H24N4O3S/c1-18(2)16(21)10-20-8-7-19(9-13-3-5-17-6-4-13)14-11-24(22,23)12-15(14)20/h3-6,14-15H,7-12H2,1-2H3/t14-,15+/m0/s1. The van der Waals surface area contributed by atoms with Gasteiger partial charge in [0, 0.05) is 58.2 Å². The first-order chi connectivity index (χ1) is 11.4. The maximum atomic E-state index is 12.2. The average molecular weight is 352 g/mol. The molecule has 0 radical (unpaired) electrons. The molecule has 8 heteroatoms. The number of fused-ring (bicyclic) bond motifs is 1. The van der Waals surface area contributed by atoms with Crippen molar-refractivity contribution in [2.45, 2.75) is 18.6 Å². The molecule has 7 nitrogen and oxygen atoms in total. The van der Waals surface area contributed by atoms with Crippen molar-refractivity contribution in [1.82, 2.24) is 19.7 Å². The molecule has 2 saturated heterocycles. The minimum atomic E-state index is -3.06. The van der Waals surface area contributed by atoms with Crippen LogP contribution in [0.4, 0.5) is 0 Å². The summed E-state index contributed by atoms with van der Waals surface area (Å²) in [4.78, 5) is 21.9. The molecule has 0 aromatic carbocycles. The van der Waals surface area contributed by atoms with Gasteiger partial charge in [-0.25, -0.2) is 8.42 Å². The molecule has 24 heavy (non-hydrogen) atoms. The van der Waals surface area contributed by atoms with Crippen LogP contribution in [0.3, 0.4) is 0 Å². The number of sulfone groups is 1. The van der Waals surface area contributed by atoms with Gasteiger partial charge in [0.15, 0.2) is 9.84 Å². The summed E-state index contributed by atoms with van der Waals surface area (Å²) in [5.74, 6) is 0.335. The number of likely N-dealkylation sites (N-methyl/N-ethyl adjacent to an activating group) is 1. The first kappa shape index (κ1) is 17.3. The molecule has 1 amide bonds. The number of hydrogen-bond donors (Lipinski definition) is 0. The Morgan fingerprint density at radius 2 is 1.75 bits per heavy atom. The highest BCUT2D eigenvalue weighted by atomic mass is 32.2. The van der Waals surface area contributed by atoms with E-state index < -0.39 is 9.84 Å². The largest absolute Gasteiger partial charge is 0.348 e. The number of amides is 1. The van der Waals surface area contributed by atoms with Crippen LogP contribution >= 0.6 is 0 Å². The van der Waals surface area contributed by atoms with Crippen molar-refractivity contribution in [3.8, 4) is 0 Å². The minimum Gasteiger partial charge on any atom is -0.348 e. The van der Waals surface area contributed by atoms with Crippen LogP contribution in [0.15, 0.2) is 24.5 Å². The number of hydrogen-bond acceptors (Lipinski definition) is 6. The van der Waals surface area contributed by atoms with Crippen molar-refractivity contribution in [2.24, 2.45) is 0 Å². The van der Waals surface area contributed by atoms with Gasteiger partial charge in [-0.15, -0.1) is 0 Å². The van der Waals surface area contributed by atoms with Crippen LogP contribution in [0.2, 0.25) is 0 Å². The molecule has 0 spiro atoms. The van der Waals surface area contributed by atoms with E-state index in [1.165, 1.54) is 0 Å². The summed E-state index contributed by atoms with van der Waals surface area (Å²) in [5.41, 5.74) is 1.13. The molecule has 2 aliphatic heterocycles. The smallest absolute Gasteiger partial charge is 0.236 e. The third kappa shape index (κ3) is 3.76. The van der Waals surface area contributed by atoms with Crippen LogP contribution < -0.4 is 0 Å². The Labute approximate surface area is 143 Å². The van der Waals surface area contributed by atoms with Crippen LogP contribution in [0.1, 0.15) is 5.56 Å². The van der Waals surface area contributed by atoms with E-state index in [1.54, 1.807) is 31.4 Å². The van der Waals surface area contributed by atoms with E-state index in [2.05, 4.69) is 9.88 Å². The van der Waals surface area contributed by atoms with Gasteiger partial charge in [-0.2, -0.15) is 0 Å². The van der Waals surface area contributed by atoms with Gasteiger partial charge in [-0.3, -0.25) is 19.6 Å². The summed E-state index contributed by atoms with van der Waals surface area (Å²) in [6.07, 6.45) is 3.51. The van der Waals surface area contributed by atoms with Gasteiger partial charge in [0.2, 0.25) is 5.91 Å². The lowest BCUT2D eigenvalue weighted by Gasteiger charge is -2.43. The van der Waals surface area contributed by atoms with E-state index in [0.717, 1.165) is 12.1 Å². The molecule has 3 heterocycles. The van der Waals surface area contributed by atoms with Gasteiger partial charge in [0.1, 0.15) is 0 Å². The summed E-state index contributed by atoms with van der Waals surface area (Å²) < 4.78 is 24.4. The number of pyridine rings is 1. The van der Waals surface area contributed by atoms with Crippen LogP contribution in [0, 0.1) is 0 Å². The van der Waals surface area contributed by atoms with Gasteiger partial charge in [0.25, 0.3) is 0 Å². The van der Waals surface area contributed by atoms with Gasteiger partial charge in [0.05, 0.1) is 18.1 Å². The fourth-order valence-corrected chi connectivity index (χ4v) is 5.57. The molecule has 0 saturated carbocycles. The van der Waals surface area contributed by atoms with Crippen molar-refractivity contribution < 1.29 is 13.2 Å². The molecule has 2 aliphatic rings. The Kier molecular flexibility index (Phi) is 4.89. The average Bonchev–Trinajstić information content (AvgIpc) is 2.86. The molecule has 1 aromatic rings. The second-order valence-corrected chi connectivity index (χ2v) is 8.95. The molecule has 1 aromatic heterocycles. The lowest BCUT2D eigenvalue weighted by atomic mass is 10.0. The minimum absolute atomic E-state index is 0.0145. The molecule has 3 rings (SSSR count). The fourth-order valence-electron chi connectivity index (χ4n) is 3.53. The molecule has 132 valence electrons. The van der Waals surface area contributed by atoms with Crippen LogP contribution in [0.25, 0.3) is 0 Å². The second-order valence-electron chi connectivity index (χ2n) is 6.80. The first-order valence-corrected chi connectivity index (χ1v) is 9.95. The van der Waals surface area contributed by atoms with Crippen molar-refractivity contribution in [1.29, 1.82) is 0 Å². The molecular weight excluding hydrogens is 328 g/mol. The molecule has 2 fully saturated rings. The monoisotopic (exact) mass is 352 g/mol. The zero-order chi connectivity index (χ0) is 17.3. The highest BCUT2D eigenvalue weighted by Crippen LogP contribution is 2.28. The first-order valence-electron chi connectivity index (χ1n) is 8.13. The third-order valence-corrected chi connectivity index (χ3v) is 6.58. The lowest BCUT2D eigenvalue weighted by Crippen LogP contribution is -2.60. The quantitative estimate of drug-likeness (QED) is 0.724. The summed E-state index contributed by atoms with van der Waals surface area (Å²) >= 11 is 0. The third-order valence-electron chi connectivity index (χ3n) is 4.88. The van der Waals surface area contributed by atoms with E-state index in [9.17, 15) is 13.2 Å². The summed E-state index contributed by atoms with van der Waals surface area (Å²) in [7, 11) is 0.391. The summed E-state index contributed by atoms with van der Waals surface area (Å²) in [6.45, 7) is 2.47. The van der Waals surface area contributed by atoms with Crippen molar-refractivity contribution in [3.05, 3.63) is 30.1 Å². The van der Waals surface area contributed by atoms with Gasteiger partial charge >= 0.3 is 0 Å². The maximum Gasteiger partial charge on any atom is 0.236 e. The Hall–Kier alpha value is -1.51. The van der Waals surface area contributed by atoms with Crippen LogP contribution in [-0.4, -0.2) is 91.3 Å². The molecule has 2 atom stereocenters. The molecule has 0 aliphatic carbocycles. The zero-order valence-electron chi connectivity index (χ0n) is 14.1. The number of carbonyl (C=O) groups is 1. The second kappa shape index (κ2) is 6.78. The Morgan fingerprint density at radius 1 is 1.17 bits per heavy atom. The summed E-state index contributed by atoms with van der Waals surface area (Å²) in [6, 6.07) is 3.77. The number of rotatable bonds is 4. The molecule has 0 N–H and O–H groups in total. The fraction of sp³-hybridized carbons (Fsp3) is 0.625. The number of piperazine rings is 1. The van der Waals surface area contributed by atoms with Crippen LogP contribution in [0.5, 0.6) is 0 Å². The predicted molar refractivity (Wildman–Crippen MR) is 91.1 cm³/mol. The van der Waals surface area contributed by atoms with E-state index in [1.807, 2.05) is 17.0 Å². The predicted octanol–water partition coefficient (Wildman–Crippen LogP) is -0.547. The number of aromatic nitrogens is 1. The maximum absolute atomic E-state index is 12.2. The van der Waals surface area contributed by atoms with Gasteiger partial charge in [-0.1, -0.05) is 0 Å². The lowest BCUT2D eigenvalue weighted by molar-refractivity contribution is -0.131. The SMILES string of the molecule is CN(C)C(=O)CN1CCN(Cc2ccncc2)[C@H]2CS(=O)(=O)C[C@H]21. The molecular formula is C16H24N4O3S. The zero-order valence-corrected chi connectivity index (χ0v) is 14.9. The summed E-state index contributed by atoms with van der Waals surface area (Å²) in [5, 5.41) is 0. The van der Waals surface area contributed by atoms with E-state index >= 15 is 0 Å². The molecule has 0 unspecified atom stereocenters. The normalized spacial score (nSPS) is 26.9. The van der Waals surface area contributed by atoms with Crippen molar-refractivity contribution in [2.75, 3.05) is 45.2 Å². The highest BCUT2D eigenvalue weighted by molar-refractivity contribution is 7.91. The highest BCUT2D eigenvalue weighted by Gasteiger charge is 2.46. The van der Waals surface area contributed by atoms with Gasteiger partial charge in [-0.05, 0) is 17.7 Å². The topological polar surface area (TPSA) is 73.8 Å². The van der Waals surface area contributed by atoms with Crippen molar-refractivity contribution in [3.63, 3.8) is 0 Å². The Balaban J connectivity index is 1.76. The van der Waals surface area contributed by atoms with E-state index in [0.29, 0.717) is 13.1 Å². The number of nitrogens with zero attached hydrogens (tertiary/aromatic N) is 4. The van der Waals surface area contributed by atoms with Crippen molar-refractivity contribution >= 4 is 15.7 Å². The Morgan fingerprint density at radius 3 is 2.38 bits per heavy atom. The van der Waals surface area contributed by atoms with Gasteiger partial charge < -0.3 is 4.90 Å². The Bertz CT molecular complexity index is 693. The number of carbonyl (C=O) groups excluding carboxylic acids is 1. The van der Waals surface area contributed by atoms with E-state index in [4.69, 9.17) is 0 Å². The van der Waals surface area contributed by atoms with E-state index in [-0.39, 0.29) is 36.0 Å².